The highest BCUT2D eigenvalue weighted by Gasteiger charge is 2.26. The molecule has 0 spiro atoms. The van der Waals surface area contributed by atoms with Crippen molar-refractivity contribution in [2.75, 3.05) is 12.4 Å². The summed E-state index contributed by atoms with van der Waals surface area (Å²) in [5, 5.41) is 0.758. The molecule has 0 aliphatic heterocycles. The van der Waals surface area contributed by atoms with Crippen LogP contribution < -0.4 is 0 Å². The van der Waals surface area contributed by atoms with E-state index in [1.165, 1.54) is 25.0 Å². The fourth-order valence-electron chi connectivity index (χ4n) is 2.42. The average molecular weight is 268 g/mol. The van der Waals surface area contributed by atoms with Crippen LogP contribution in [0.4, 0.5) is 0 Å². The maximum atomic E-state index is 11.5. The van der Waals surface area contributed by atoms with Crippen molar-refractivity contribution in [2.24, 2.45) is 0 Å². The summed E-state index contributed by atoms with van der Waals surface area (Å²) in [6.45, 7) is 4.40. The van der Waals surface area contributed by atoms with E-state index in [1.807, 2.05) is 18.0 Å². The van der Waals surface area contributed by atoms with E-state index < -0.39 is 0 Å². The lowest BCUT2D eigenvalue weighted by Crippen LogP contribution is -2.06. The summed E-state index contributed by atoms with van der Waals surface area (Å²) in [4.78, 5) is 15.7. The zero-order chi connectivity index (χ0) is 13.0. The number of ether oxygens (including phenoxy) is 1. The Bertz CT molecular complexity index is 405. The number of imidazole rings is 1. The SMILES string of the molecule is CCOC(=O)c1cn(C2CCC(SCC)C2)cn1. The largest absolute Gasteiger partial charge is 0.461 e. The van der Waals surface area contributed by atoms with Crippen LogP contribution >= 0.6 is 11.8 Å². The number of hydrogen-bond acceptors (Lipinski definition) is 4. The molecule has 1 aliphatic carbocycles. The summed E-state index contributed by atoms with van der Waals surface area (Å²) in [7, 11) is 0. The van der Waals surface area contributed by atoms with E-state index in [2.05, 4.69) is 16.5 Å². The number of hydrogen-bond donors (Lipinski definition) is 0. The fourth-order valence-corrected chi connectivity index (χ4v) is 3.55. The molecular formula is C13H20N2O2S. The first-order chi connectivity index (χ1) is 8.74. The number of aromatic nitrogens is 2. The van der Waals surface area contributed by atoms with Crippen molar-refractivity contribution < 1.29 is 9.53 Å². The van der Waals surface area contributed by atoms with Gasteiger partial charge in [-0.15, -0.1) is 0 Å². The lowest BCUT2D eigenvalue weighted by molar-refractivity contribution is 0.0520. The molecule has 2 unspecified atom stereocenters. The van der Waals surface area contributed by atoms with Crippen LogP contribution in [0.1, 0.15) is 49.6 Å². The normalized spacial score (nSPS) is 23.2. The third-order valence-electron chi connectivity index (χ3n) is 3.27. The Balaban J connectivity index is 1.96. The van der Waals surface area contributed by atoms with Crippen LogP contribution in [-0.4, -0.2) is 33.1 Å². The molecule has 0 bridgehead atoms. The van der Waals surface area contributed by atoms with Gasteiger partial charge in [-0.3, -0.25) is 0 Å². The van der Waals surface area contributed by atoms with Crippen molar-refractivity contribution in [2.45, 2.75) is 44.4 Å². The number of esters is 1. The van der Waals surface area contributed by atoms with E-state index in [4.69, 9.17) is 4.74 Å². The van der Waals surface area contributed by atoms with Crippen molar-refractivity contribution in [1.82, 2.24) is 9.55 Å². The molecular weight excluding hydrogens is 248 g/mol. The van der Waals surface area contributed by atoms with Gasteiger partial charge in [0.15, 0.2) is 5.69 Å². The van der Waals surface area contributed by atoms with Crippen LogP contribution in [0.15, 0.2) is 12.5 Å². The van der Waals surface area contributed by atoms with E-state index >= 15 is 0 Å². The molecule has 0 saturated heterocycles. The first-order valence-corrected chi connectivity index (χ1v) is 7.61. The van der Waals surface area contributed by atoms with Gasteiger partial charge < -0.3 is 9.30 Å². The van der Waals surface area contributed by atoms with Gasteiger partial charge in [-0.2, -0.15) is 11.8 Å². The highest BCUT2D eigenvalue weighted by Crippen LogP contribution is 2.36. The van der Waals surface area contributed by atoms with Gasteiger partial charge in [-0.25, -0.2) is 9.78 Å². The standard InChI is InChI=1S/C13H20N2O2S/c1-3-17-13(16)12-8-15(9-14-12)10-5-6-11(7-10)18-4-2/h8-11H,3-7H2,1-2H3. The molecule has 4 nitrogen and oxygen atoms in total. The number of thioether (sulfide) groups is 1. The Hall–Kier alpha value is -0.970. The fraction of sp³-hybridized carbons (Fsp3) is 0.692. The van der Waals surface area contributed by atoms with Crippen molar-refractivity contribution in [3.05, 3.63) is 18.2 Å². The van der Waals surface area contributed by atoms with E-state index in [0.29, 0.717) is 18.3 Å². The molecule has 0 N–H and O–H groups in total. The third-order valence-corrected chi connectivity index (χ3v) is 4.50. The lowest BCUT2D eigenvalue weighted by atomic mass is 10.2. The lowest BCUT2D eigenvalue weighted by Gasteiger charge is -2.11. The summed E-state index contributed by atoms with van der Waals surface area (Å²) in [5.41, 5.74) is 0.420. The van der Waals surface area contributed by atoms with Crippen molar-refractivity contribution >= 4 is 17.7 Å². The van der Waals surface area contributed by atoms with Gasteiger partial charge in [-0.1, -0.05) is 6.92 Å². The van der Waals surface area contributed by atoms with Gasteiger partial charge in [0.1, 0.15) is 0 Å². The molecule has 18 heavy (non-hydrogen) atoms. The Kier molecular flexibility index (Phi) is 4.69. The predicted molar refractivity (Wildman–Crippen MR) is 73.0 cm³/mol. The highest BCUT2D eigenvalue weighted by atomic mass is 32.2. The Morgan fingerprint density at radius 1 is 1.56 bits per heavy atom. The van der Waals surface area contributed by atoms with Crippen molar-refractivity contribution in [3.63, 3.8) is 0 Å². The third kappa shape index (κ3) is 3.07. The summed E-state index contributed by atoms with van der Waals surface area (Å²) in [6.07, 6.45) is 7.20. The minimum Gasteiger partial charge on any atom is -0.461 e. The van der Waals surface area contributed by atoms with Gasteiger partial charge in [0.05, 0.1) is 12.9 Å². The van der Waals surface area contributed by atoms with E-state index in [1.54, 1.807) is 13.3 Å². The monoisotopic (exact) mass is 268 g/mol. The smallest absolute Gasteiger partial charge is 0.358 e. The second-order valence-corrected chi connectivity index (χ2v) is 6.05. The van der Waals surface area contributed by atoms with Crippen LogP contribution in [0, 0.1) is 0 Å². The van der Waals surface area contributed by atoms with Gasteiger partial charge in [0.2, 0.25) is 0 Å². The molecule has 2 atom stereocenters. The zero-order valence-electron chi connectivity index (χ0n) is 11.0. The van der Waals surface area contributed by atoms with Gasteiger partial charge >= 0.3 is 5.97 Å². The molecule has 1 saturated carbocycles. The maximum absolute atomic E-state index is 11.5. The molecule has 1 aliphatic rings. The van der Waals surface area contributed by atoms with Crippen LogP contribution in [-0.2, 0) is 4.74 Å². The Labute approximate surface area is 112 Å². The molecule has 0 radical (unpaired) electrons. The molecule has 100 valence electrons. The van der Waals surface area contributed by atoms with Crippen molar-refractivity contribution in [1.29, 1.82) is 0 Å². The van der Waals surface area contributed by atoms with Crippen molar-refractivity contribution in [3.8, 4) is 0 Å². The van der Waals surface area contributed by atoms with E-state index in [9.17, 15) is 4.79 Å². The molecule has 5 heteroatoms. The molecule has 1 aromatic rings. The van der Waals surface area contributed by atoms with Crippen LogP contribution in [0.2, 0.25) is 0 Å². The minimum atomic E-state index is -0.325. The van der Waals surface area contributed by atoms with Gasteiger partial charge in [0.25, 0.3) is 0 Å². The summed E-state index contributed by atoms with van der Waals surface area (Å²) < 4.78 is 7.02. The summed E-state index contributed by atoms with van der Waals surface area (Å²) >= 11 is 2.03. The molecule has 2 rings (SSSR count). The van der Waals surface area contributed by atoms with E-state index in [-0.39, 0.29) is 5.97 Å². The molecule has 0 aromatic carbocycles. The average Bonchev–Trinajstić information content (AvgIpc) is 2.97. The predicted octanol–water partition coefficient (Wildman–Crippen LogP) is 2.91. The highest BCUT2D eigenvalue weighted by molar-refractivity contribution is 7.99. The minimum absolute atomic E-state index is 0.325. The van der Waals surface area contributed by atoms with Gasteiger partial charge in [0, 0.05) is 17.5 Å². The zero-order valence-corrected chi connectivity index (χ0v) is 11.8. The molecule has 1 heterocycles. The summed E-state index contributed by atoms with van der Waals surface area (Å²) in [5.74, 6) is 0.851. The summed E-state index contributed by atoms with van der Waals surface area (Å²) in [6, 6.07) is 0.490. The molecule has 1 aromatic heterocycles. The quantitative estimate of drug-likeness (QED) is 0.770. The van der Waals surface area contributed by atoms with Crippen LogP contribution in [0.3, 0.4) is 0 Å². The van der Waals surface area contributed by atoms with Crippen LogP contribution in [0.5, 0.6) is 0 Å². The maximum Gasteiger partial charge on any atom is 0.358 e. The number of carbonyl (C=O) groups excluding carboxylic acids is 1. The van der Waals surface area contributed by atoms with Gasteiger partial charge in [-0.05, 0) is 31.9 Å². The first-order valence-electron chi connectivity index (χ1n) is 6.56. The van der Waals surface area contributed by atoms with Crippen LogP contribution in [0.25, 0.3) is 0 Å². The molecule has 0 amide bonds. The topological polar surface area (TPSA) is 44.1 Å². The number of nitrogens with zero attached hydrogens (tertiary/aromatic N) is 2. The second-order valence-electron chi connectivity index (χ2n) is 4.47. The number of carbonyl (C=O) groups is 1. The Morgan fingerprint density at radius 3 is 3.11 bits per heavy atom. The van der Waals surface area contributed by atoms with E-state index in [0.717, 1.165) is 5.25 Å². The number of rotatable bonds is 5. The molecule has 1 fully saturated rings. The first kappa shape index (κ1) is 13.5. The Morgan fingerprint density at radius 2 is 2.39 bits per heavy atom. The second kappa shape index (κ2) is 6.27.